The Morgan fingerprint density at radius 2 is 1.97 bits per heavy atom. The van der Waals surface area contributed by atoms with Gasteiger partial charge < -0.3 is 9.80 Å². The molecule has 0 bridgehead atoms. The van der Waals surface area contributed by atoms with Gasteiger partial charge in [0.2, 0.25) is 5.91 Å². The molecule has 1 aromatic carbocycles. The monoisotopic (exact) mass is 449 g/mol. The summed E-state index contributed by atoms with van der Waals surface area (Å²) in [5.74, 6) is -0.104. The number of carbonyl (C=O) groups excluding carboxylic acids is 2. The van der Waals surface area contributed by atoms with Crippen molar-refractivity contribution in [2.24, 2.45) is 5.41 Å². The third kappa shape index (κ3) is 4.06. The number of rotatable bonds is 3. The van der Waals surface area contributed by atoms with Crippen LogP contribution in [0.25, 0.3) is 0 Å². The molecular weight excluding hydrogens is 425 g/mol. The molecule has 4 rings (SSSR count). The molecule has 0 N–H and O–H groups in total. The third-order valence-corrected chi connectivity index (χ3v) is 7.13. The molecule has 2 saturated heterocycles. The summed E-state index contributed by atoms with van der Waals surface area (Å²) in [6.45, 7) is 5.56. The van der Waals surface area contributed by atoms with Crippen LogP contribution in [0.4, 0.5) is 10.5 Å². The molecule has 160 valence electrons. The molecule has 2 aliphatic heterocycles. The fourth-order valence-electron chi connectivity index (χ4n) is 4.42. The first-order valence-electron chi connectivity index (χ1n) is 10.0. The van der Waals surface area contributed by atoms with Gasteiger partial charge in [0.1, 0.15) is 0 Å². The Kier molecular flexibility index (Phi) is 5.79. The highest BCUT2D eigenvalue weighted by molar-refractivity contribution is 6.42. The van der Waals surface area contributed by atoms with Gasteiger partial charge in [-0.15, -0.1) is 0 Å². The van der Waals surface area contributed by atoms with Gasteiger partial charge in [0.25, 0.3) is 0 Å². The number of halogens is 2. The molecule has 3 heterocycles. The molecule has 1 atom stereocenters. The molecule has 1 aromatic heterocycles. The van der Waals surface area contributed by atoms with Crippen molar-refractivity contribution >= 4 is 40.8 Å². The summed E-state index contributed by atoms with van der Waals surface area (Å²) in [6, 6.07) is 5.59. The van der Waals surface area contributed by atoms with E-state index in [1.807, 2.05) is 17.0 Å². The van der Waals surface area contributed by atoms with Crippen molar-refractivity contribution in [3.05, 3.63) is 46.2 Å². The van der Waals surface area contributed by atoms with Gasteiger partial charge >= 0.3 is 6.03 Å². The van der Waals surface area contributed by atoms with Crippen molar-refractivity contribution in [1.82, 2.24) is 19.6 Å². The molecular formula is C21H25Cl2N5O2. The number of likely N-dealkylation sites (tertiary alicyclic amines) is 2. The second-order valence-corrected chi connectivity index (χ2v) is 9.13. The summed E-state index contributed by atoms with van der Waals surface area (Å²) in [5.41, 5.74) is 1.74. The topological polar surface area (TPSA) is 61.7 Å². The zero-order valence-corrected chi connectivity index (χ0v) is 18.7. The van der Waals surface area contributed by atoms with Crippen molar-refractivity contribution < 1.29 is 9.59 Å². The zero-order valence-electron chi connectivity index (χ0n) is 17.1. The summed E-state index contributed by atoms with van der Waals surface area (Å²) < 4.78 is 1.33. The number of anilines is 1. The van der Waals surface area contributed by atoms with Crippen LogP contribution < -0.4 is 4.90 Å². The molecule has 0 saturated carbocycles. The summed E-state index contributed by atoms with van der Waals surface area (Å²) in [6.07, 6.45) is 5.17. The van der Waals surface area contributed by atoms with E-state index in [1.165, 1.54) is 22.7 Å². The molecule has 7 nitrogen and oxygen atoms in total. The maximum atomic E-state index is 12.9. The first-order valence-corrected chi connectivity index (χ1v) is 10.8. The van der Waals surface area contributed by atoms with Crippen molar-refractivity contribution in [3.63, 3.8) is 0 Å². The summed E-state index contributed by atoms with van der Waals surface area (Å²) in [4.78, 5) is 30.2. The molecule has 30 heavy (non-hydrogen) atoms. The lowest BCUT2D eigenvalue weighted by Crippen LogP contribution is -2.36. The van der Waals surface area contributed by atoms with E-state index in [9.17, 15) is 9.59 Å². The molecule has 2 fully saturated rings. The Labute approximate surface area is 186 Å². The first kappa shape index (κ1) is 21.2. The van der Waals surface area contributed by atoms with Gasteiger partial charge in [-0.05, 0) is 31.0 Å². The molecule has 9 heteroatoms. The Bertz CT molecular complexity index is 978. The highest BCUT2D eigenvalue weighted by Crippen LogP contribution is 2.40. The van der Waals surface area contributed by atoms with Crippen LogP contribution in [0.1, 0.15) is 25.3 Å². The van der Waals surface area contributed by atoms with Crippen LogP contribution in [0.3, 0.4) is 0 Å². The number of hydrogen-bond donors (Lipinski definition) is 0. The van der Waals surface area contributed by atoms with Crippen LogP contribution >= 0.6 is 23.2 Å². The van der Waals surface area contributed by atoms with E-state index < -0.39 is 0 Å². The highest BCUT2D eigenvalue weighted by atomic mass is 35.5. The smallest absolute Gasteiger partial charge is 0.322 e. The summed E-state index contributed by atoms with van der Waals surface area (Å²) in [7, 11) is 1.66. The van der Waals surface area contributed by atoms with Crippen LogP contribution in [0.2, 0.25) is 10.0 Å². The normalized spacial score (nSPS) is 21.5. The lowest BCUT2D eigenvalue weighted by atomic mass is 9.86. The minimum absolute atomic E-state index is 0.104. The quantitative estimate of drug-likeness (QED) is 0.715. The fourth-order valence-corrected chi connectivity index (χ4v) is 4.80. The molecule has 0 radical (unpaired) electrons. The maximum absolute atomic E-state index is 12.9. The van der Waals surface area contributed by atoms with Crippen molar-refractivity contribution in [1.29, 1.82) is 0 Å². The van der Waals surface area contributed by atoms with E-state index in [2.05, 4.69) is 10.00 Å². The Balaban J connectivity index is 1.39. The molecule has 2 aliphatic rings. The zero-order chi connectivity index (χ0) is 21.5. The van der Waals surface area contributed by atoms with E-state index in [4.69, 9.17) is 23.2 Å². The van der Waals surface area contributed by atoms with Crippen LogP contribution in [0.5, 0.6) is 0 Å². The minimum Gasteiger partial charge on any atom is -0.322 e. The van der Waals surface area contributed by atoms with Crippen LogP contribution in [0, 0.1) is 5.41 Å². The molecule has 1 spiro atoms. The van der Waals surface area contributed by atoms with Crippen molar-refractivity contribution in [2.75, 3.05) is 38.1 Å². The largest absolute Gasteiger partial charge is 0.344 e. The Morgan fingerprint density at radius 3 is 2.73 bits per heavy atom. The van der Waals surface area contributed by atoms with Crippen molar-refractivity contribution in [2.45, 2.75) is 26.3 Å². The van der Waals surface area contributed by atoms with E-state index >= 15 is 0 Å². The molecule has 2 amide bonds. The second kappa shape index (κ2) is 8.21. The fraction of sp³-hybridized carbons (Fsp3) is 0.476. The molecule has 2 aromatic rings. The van der Waals surface area contributed by atoms with Gasteiger partial charge in [-0.1, -0.05) is 35.3 Å². The van der Waals surface area contributed by atoms with Gasteiger partial charge in [-0.3, -0.25) is 9.69 Å². The lowest BCUT2D eigenvalue weighted by molar-refractivity contribution is -0.116. The third-order valence-electron chi connectivity index (χ3n) is 6.28. The lowest BCUT2D eigenvalue weighted by Gasteiger charge is -2.25. The standard InChI is InChI=1S/C21H25Cl2N5O2/c1-15(29)25(2)17-10-24-28(12-17)20(30)27-9-7-21(14-27)6-8-26(13-21)11-16-4-3-5-18(22)19(16)23/h3-5,10,12H,6-9,11,13-14H2,1-2H3. The van der Waals surface area contributed by atoms with E-state index in [0.29, 0.717) is 28.8 Å². The average molecular weight is 450 g/mol. The first-order chi connectivity index (χ1) is 14.3. The van der Waals surface area contributed by atoms with E-state index in [-0.39, 0.29) is 17.4 Å². The number of benzene rings is 1. The summed E-state index contributed by atoms with van der Waals surface area (Å²) in [5, 5.41) is 5.36. The predicted molar refractivity (Wildman–Crippen MR) is 117 cm³/mol. The van der Waals surface area contributed by atoms with Crippen LogP contribution in [0.15, 0.2) is 30.6 Å². The number of amides is 2. The maximum Gasteiger partial charge on any atom is 0.344 e. The second-order valence-electron chi connectivity index (χ2n) is 8.35. The van der Waals surface area contributed by atoms with E-state index in [1.54, 1.807) is 19.3 Å². The van der Waals surface area contributed by atoms with Gasteiger partial charge in [0.05, 0.1) is 28.1 Å². The molecule has 0 aliphatic carbocycles. The van der Waals surface area contributed by atoms with E-state index in [0.717, 1.165) is 38.0 Å². The Hall–Kier alpha value is -2.09. The average Bonchev–Trinajstić information content (AvgIpc) is 3.45. The SMILES string of the molecule is CC(=O)N(C)c1cnn(C(=O)N2CCC3(CCN(Cc4cccc(Cl)c4Cl)C3)C2)c1. The van der Waals surface area contributed by atoms with Crippen LogP contribution in [-0.4, -0.2) is 64.7 Å². The van der Waals surface area contributed by atoms with Gasteiger partial charge in [0, 0.05) is 45.6 Å². The van der Waals surface area contributed by atoms with Gasteiger partial charge in [0.15, 0.2) is 0 Å². The summed E-state index contributed by atoms with van der Waals surface area (Å²) >= 11 is 12.5. The number of aromatic nitrogens is 2. The van der Waals surface area contributed by atoms with Crippen LogP contribution in [-0.2, 0) is 11.3 Å². The molecule has 1 unspecified atom stereocenters. The number of nitrogens with zero attached hydrogens (tertiary/aromatic N) is 5. The predicted octanol–water partition coefficient (Wildman–Crippen LogP) is 3.74. The Morgan fingerprint density at radius 1 is 1.20 bits per heavy atom. The number of hydrogen-bond acceptors (Lipinski definition) is 4. The highest BCUT2D eigenvalue weighted by Gasteiger charge is 2.45. The van der Waals surface area contributed by atoms with Crippen molar-refractivity contribution in [3.8, 4) is 0 Å². The van der Waals surface area contributed by atoms with Gasteiger partial charge in [-0.25, -0.2) is 4.79 Å². The minimum atomic E-state index is -0.147. The number of carbonyl (C=O) groups is 2. The van der Waals surface area contributed by atoms with Gasteiger partial charge in [-0.2, -0.15) is 9.78 Å².